The van der Waals surface area contributed by atoms with Gasteiger partial charge in [0.25, 0.3) is 0 Å². The predicted molar refractivity (Wildman–Crippen MR) is 95.9 cm³/mol. The molecular formula is C20H30N2O2. The second-order valence-corrected chi connectivity index (χ2v) is 7.44. The number of benzene rings is 1. The van der Waals surface area contributed by atoms with Crippen LogP contribution in [0.4, 0.5) is 0 Å². The topological polar surface area (TPSA) is 43.8 Å². The van der Waals surface area contributed by atoms with Crippen molar-refractivity contribution < 1.29 is 9.90 Å². The van der Waals surface area contributed by atoms with E-state index in [0.717, 1.165) is 51.7 Å². The van der Waals surface area contributed by atoms with Crippen molar-refractivity contribution in [2.45, 2.75) is 64.1 Å². The van der Waals surface area contributed by atoms with Crippen molar-refractivity contribution in [2.75, 3.05) is 19.6 Å². The summed E-state index contributed by atoms with van der Waals surface area (Å²) in [5.74, 6) is 0.184. The Balaban J connectivity index is 1.68. The molecule has 0 aliphatic carbocycles. The number of carbonyl (C=O) groups excluding carboxylic acids is 1. The maximum Gasteiger partial charge on any atom is 0.219 e. The summed E-state index contributed by atoms with van der Waals surface area (Å²) in [6, 6.07) is 9.38. The monoisotopic (exact) mass is 330 g/mol. The van der Waals surface area contributed by atoms with Crippen molar-refractivity contribution in [3.8, 4) is 0 Å². The summed E-state index contributed by atoms with van der Waals surface area (Å²) in [5.41, 5.74) is 2.58. The minimum absolute atomic E-state index is 0.184. The number of amides is 1. The highest BCUT2D eigenvalue weighted by Crippen LogP contribution is 2.28. The number of aliphatic hydroxyl groups excluding tert-OH is 1. The van der Waals surface area contributed by atoms with Gasteiger partial charge in [0.1, 0.15) is 0 Å². The highest BCUT2D eigenvalue weighted by Gasteiger charge is 2.36. The Morgan fingerprint density at radius 1 is 1.12 bits per heavy atom. The molecule has 0 spiro atoms. The molecule has 1 amide bonds. The lowest BCUT2D eigenvalue weighted by Crippen LogP contribution is -2.56. The van der Waals surface area contributed by atoms with E-state index < -0.39 is 0 Å². The predicted octanol–water partition coefficient (Wildman–Crippen LogP) is 2.37. The highest BCUT2D eigenvalue weighted by atomic mass is 16.3. The van der Waals surface area contributed by atoms with E-state index >= 15 is 0 Å². The average Bonchev–Trinajstić information content (AvgIpc) is 2.58. The number of rotatable bonds is 3. The average molecular weight is 330 g/mol. The van der Waals surface area contributed by atoms with Crippen LogP contribution in [0.15, 0.2) is 24.3 Å². The summed E-state index contributed by atoms with van der Waals surface area (Å²) in [7, 11) is 0. The number of piperidine rings is 2. The molecule has 24 heavy (non-hydrogen) atoms. The van der Waals surface area contributed by atoms with Gasteiger partial charge in [0.05, 0.1) is 6.10 Å². The van der Waals surface area contributed by atoms with Gasteiger partial charge in [-0.25, -0.2) is 0 Å². The molecule has 0 saturated carbocycles. The first-order chi connectivity index (χ1) is 11.5. The molecule has 4 nitrogen and oxygen atoms in total. The number of hydrogen-bond donors (Lipinski definition) is 1. The lowest BCUT2D eigenvalue weighted by atomic mass is 9.89. The number of aryl methyl sites for hydroxylation is 1. The summed E-state index contributed by atoms with van der Waals surface area (Å²) in [5, 5.41) is 10.6. The summed E-state index contributed by atoms with van der Waals surface area (Å²) in [6.45, 7) is 6.53. The number of hydrogen-bond acceptors (Lipinski definition) is 3. The molecule has 2 aliphatic heterocycles. The number of nitrogens with zero attached hydrogens (tertiary/aromatic N) is 2. The van der Waals surface area contributed by atoms with E-state index in [9.17, 15) is 9.90 Å². The van der Waals surface area contributed by atoms with Crippen LogP contribution in [0.3, 0.4) is 0 Å². The third-order valence-electron chi connectivity index (χ3n) is 5.73. The molecule has 0 radical (unpaired) electrons. The number of aliphatic hydroxyl groups is 1. The Bertz CT molecular complexity index is 549. The van der Waals surface area contributed by atoms with Gasteiger partial charge in [0, 0.05) is 32.1 Å². The summed E-state index contributed by atoms with van der Waals surface area (Å²) in [4.78, 5) is 16.0. The second kappa shape index (κ2) is 7.66. The van der Waals surface area contributed by atoms with Crippen LogP contribution in [0.25, 0.3) is 0 Å². The molecular weight excluding hydrogens is 300 g/mol. The van der Waals surface area contributed by atoms with Gasteiger partial charge in [-0.05, 0) is 51.1 Å². The summed E-state index contributed by atoms with van der Waals surface area (Å²) >= 11 is 0. The molecule has 0 bridgehead atoms. The lowest BCUT2D eigenvalue weighted by Gasteiger charge is -2.46. The van der Waals surface area contributed by atoms with Crippen LogP contribution in [0.1, 0.15) is 43.7 Å². The van der Waals surface area contributed by atoms with E-state index in [0.29, 0.717) is 6.04 Å². The summed E-state index contributed by atoms with van der Waals surface area (Å²) in [6.07, 6.45) is 4.69. The molecule has 2 heterocycles. The van der Waals surface area contributed by atoms with E-state index in [1.165, 1.54) is 11.1 Å². The standard InChI is InChI=1S/C20H30N2O2/c1-15-5-7-17(8-6-15)14-19-20(24)4-3-11-22(19)18-9-12-21(13-10-18)16(2)23/h5-8,18-20,24H,3-4,9-14H2,1-2H3/t19-,20-/m0/s1. The molecule has 132 valence electrons. The van der Waals surface area contributed by atoms with Crippen molar-refractivity contribution in [3.63, 3.8) is 0 Å². The van der Waals surface area contributed by atoms with Crippen molar-refractivity contribution in [2.24, 2.45) is 0 Å². The Labute approximate surface area is 145 Å². The Hall–Kier alpha value is -1.39. The molecule has 3 rings (SSSR count). The van der Waals surface area contributed by atoms with Crippen LogP contribution in [-0.2, 0) is 11.2 Å². The van der Waals surface area contributed by atoms with E-state index in [1.54, 1.807) is 6.92 Å². The highest BCUT2D eigenvalue weighted by molar-refractivity contribution is 5.73. The van der Waals surface area contributed by atoms with Crippen LogP contribution in [0, 0.1) is 6.92 Å². The fourth-order valence-corrected chi connectivity index (χ4v) is 4.25. The first-order valence-corrected chi connectivity index (χ1v) is 9.29. The first-order valence-electron chi connectivity index (χ1n) is 9.29. The Morgan fingerprint density at radius 2 is 1.79 bits per heavy atom. The molecule has 2 aliphatic rings. The minimum Gasteiger partial charge on any atom is -0.391 e. The van der Waals surface area contributed by atoms with E-state index in [4.69, 9.17) is 0 Å². The SMILES string of the molecule is CC(=O)N1CCC(N2CCC[C@H](O)[C@@H]2Cc2ccc(C)cc2)CC1. The van der Waals surface area contributed by atoms with Crippen molar-refractivity contribution in [3.05, 3.63) is 35.4 Å². The van der Waals surface area contributed by atoms with Gasteiger partial charge >= 0.3 is 0 Å². The molecule has 0 aromatic heterocycles. The largest absolute Gasteiger partial charge is 0.391 e. The molecule has 2 fully saturated rings. The zero-order valence-electron chi connectivity index (χ0n) is 14.9. The Morgan fingerprint density at radius 3 is 2.42 bits per heavy atom. The molecule has 1 aromatic rings. The van der Waals surface area contributed by atoms with Gasteiger partial charge in [0.2, 0.25) is 5.91 Å². The van der Waals surface area contributed by atoms with Crippen LogP contribution in [0.2, 0.25) is 0 Å². The third kappa shape index (κ3) is 3.98. The van der Waals surface area contributed by atoms with E-state index in [1.807, 2.05) is 4.90 Å². The maximum absolute atomic E-state index is 11.5. The van der Waals surface area contributed by atoms with Crippen molar-refractivity contribution in [1.29, 1.82) is 0 Å². The van der Waals surface area contributed by atoms with Crippen LogP contribution < -0.4 is 0 Å². The van der Waals surface area contributed by atoms with Gasteiger partial charge < -0.3 is 10.0 Å². The van der Waals surface area contributed by atoms with Gasteiger partial charge in [-0.15, -0.1) is 0 Å². The number of carbonyl (C=O) groups is 1. The fraction of sp³-hybridized carbons (Fsp3) is 0.650. The van der Waals surface area contributed by atoms with Crippen molar-refractivity contribution >= 4 is 5.91 Å². The molecule has 4 heteroatoms. The normalized spacial score (nSPS) is 26.5. The second-order valence-electron chi connectivity index (χ2n) is 7.44. The fourth-order valence-electron chi connectivity index (χ4n) is 4.25. The zero-order valence-corrected chi connectivity index (χ0v) is 14.9. The molecule has 1 N–H and O–H groups in total. The minimum atomic E-state index is -0.245. The third-order valence-corrected chi connectivity index (χ3v) is 5.73. The number of likely N-dealkylation sites (tertiary alicyclic amines) is 2. The quantitative estimate of drug-likeness (QED) is 0.925. The van der Waals surface area contributed by atoms with Crippen LogP contribution in [-0.4, -0.2) is 58.6 Å². The van der Waals surface area contributed by atoms with E-state index in [-0.39, 0.29) is 18.1 Å². The van der Waals surface area contributed by atoms with Gasteiger partial charge in [-0.1, -0.05) is 29.8 Å². The smallest absolute Gasteiger partial charge is 0.219 e. The van der Waals surface area contributed by atoms with Crippen LogP contribution >= 0.6 is 0 Å². The van der Waals surface area contributed by atoms with Gasteiger partial charge in [0.15, 0.2) is 0 Å². The Kier molecular flexibility index (Phi) is 5.57. The molecule has 2 saturated heterocycles. The van der Waals surface area contributed by atoms with Crippen molar-refractivity contribution in [1.82, 2.24) is 9.80 Å². The first kappa shape index (κ1) is 17.4. The van der Waals surface area contributed by atoms with Crippen LogP contribution in [0.5, 0.6) is 0 Å². The lowest BCUT2D eigenvalue weighted by molar-refractivity contribution is -0.131. The maximum atomic E-state index is 11.5. The molecule has 1 aromatic carbocycles. The summed E-state index contributed by atoms with van der Waals surface area (Å²) < 4.78 is 0. The molecule has 0 unspecified atom stereocenters. The zero-order chi connectivity index (χ0) is 17.1. The van der Waals surface area contributed by atoms with Gasteiger partial charge in [-0.3, -0.25) is 9.69 Å². The molecule has 2 atom stereocenters. The van der Waals surface area contributed by atoms with E-state index in [2.05, 4.69) is 36.1 Å². The van der Waals surface area contributed by atoms with Gasteiger partial charge in [-0.2, -0.15) is 0 Å².